The van der Waals surface area contributed by atoms with Crippen molar-refractivity contribution in [3.8, 4) is 11.5 Å². The summed E-state index contributed by atoms with van der Waals surface area (Å²) in [6.45, 7) is 0.116. The number of nitrogens with one attached hydrogen (secondary N) is 1. The largest absolute Gasteiger partial charge is 0.481 e. The molecular formula is C12H11NO5. The van der Waals surface area contributed by atoms with E-state index in [1.54, 1.807) is 18.2 Å². The smallest absolute Gasteiger partial charge is 0.309 e. The molecule has 2 heterocycles. The van der Waals surface area contributed by atoms with Crippen LogP contribution in [0.1, 0.15) is 18.0 Å². The van der Waals surface area contributed by atoms with E-state index in [4.69, 9.17) is 14.6 Å². The van der Waals surface area contributed by atoms with E-state index in [1.165, 1.54) is 0 Å². The van der Waals surface area contributed by atoms with Gasteiger partial charge in [-0.15, -0.1) is 0 Å². The SMILES string of the molecule is O=C1C[C@H](C(=O)O)[C@@H](c2cccc3c2OCO3)N1. The lowest BCUT2D eigenvalue weighted by atomic mass is 9.93. The lowest BCUT2D eigenvalue weighted by Crippen LogP contribution is -2.24. The Kier molecular flexibility index (Phi) is 2.36. The number of carboxylic acids is 1. The van der Waals surface area contributed by atoms with Crippen LogP contribution in [0.25, 0.3) is 0 Å². The van der Waals surface area contributed by atoms with Crippen molar-refractivity contribution in [1.82, 2.24) is 5.32 Å². The van der Waals surface area contributed by atoms with Crippen LogP contribution < -0.4 is 14.8 Å². The number of rotatable bonds is 2. The molecule has 94 valence electrons. The normalized spacial score (nSPS) is 25.0. The van der Waals surface area contributed by atoms with Gasteiger partial charge in [0.2, 0.25) is 12.7 Å². The monoisotopic (exact) mass is 249 g/mol. The molecule has 1 fully saturated rings. The van der Waals surface area contributed by atoms with Crippen LogP contribution in [0, 0.1) is 5.92 Å². The Labute approximate surface area is 103 Å². The Balaban J connectivity index is 2.02. The van der Waals surface area contributed by atoms with E-state index in [0.717, 1.165) is 0 Å². The van der Waals surface area contributed by atoms with E-state index < -0.39 is 17.9 Å². The third-order valence-electron chi connectivity index (χ3n) is 3.20. The topological polar surface area (TPSA) is 84.9 Å². The predicted octanol–water partition coefficient (Wildman–Crippen LogP) is 0.677. The zero-order valence-corrected chi connectivity index (χ0v) is 9.38. The molecule has 0 saturated carbocycles. The highest BCUT2D eigenvalue weighted by molar-refractivity contribution is 5.87. The van der Waals surface area contributed by atoms with Gasteiger partial charge in [0.15, 0.2) is 11.5 Å². The summed E-state index contributed by atoms with van der Waals surface area (Å²) in [5.41, 5.74) is 0.656. The number of hydrogen-bond donors (Lipinski definition) is 2. The Morgan fingerprint density at radius 2 is 2.22 bits per heavy atom. The highest BCUT2D eigenvalue weighted by atomic mass is 16.7. The maximum atomic E-state index is 11.4. The molecule has 1 saturated heterocycles. The van der Waals surface area contributed by atoms with Gasteiger partial charge >= 0.3 is 5.97 Å². The molecule has 0 bridgehead atoms. The molecule has 2 aliphatic rings. The van der Waals surface area contributed by atoms with Crippen LogP contribution in [0.5, 0.6) is 11.5 Å². The Morgan fingerprint density at radius 1 is 1.39 bits per heavy atom. The van der Waals surface area contributed by atoms with E-state index in [9.17, 15) is 9.59 Å². The van der Waals surface area contributed by atoms with Gasteiger partial charge in [-0.05, 0) is 6.07 Å². The molecule has 18 heavy (non-hydrogen) atoms. The van der Waals surface area contributed by atoms with Crippen LogP contribution in [0.4, 0.5) is 0 Å². The predicted molar refractivity (Wildman–Crippen MR) is 59.2 cm³/mol. The number of amides is 1. The fraction of sp³-hybridized carbons (Fsp3) is 0.333. The van der Waals surface area contributed by atoms with Gasteiger partial charge in [-0.3, -0.25) is 9.59 Å². The van der Waals surface area contributed by atoms with Crippen LogP contribution in [-0.2, 0) is 9.59 Å². The zero-order valence-electron chi connectivity index (χ0n) is 9.38. The number of benzene rings is 1. The molecule has 1 aromatic carbocycles. The Morgan fingerprint density at radius 3 is 3.00 bits per heavy atom. The highest BCUT2D eigenvalue weighted by Crippen LogP contribution is 2.42. The zero-order chi connectivity index (χ0) is 12.7. The second-order valence-electron chi connectivity index (χ2n) is 4.28. The van der Waals surface area contributed by atoms with Crippen molar-refractivity contribution in [2.45, 2.75) is 12.5 Å². The summed E-state index contributed by atoms with van der Waals surface area (Å²) >= 11 is 0. The molecule has 0 radical (unpaired) electrons. The number of aliphatic carboxylic acids is 1. The second kappa shape index (κ2) is 3.90. The van der Waals surface area contributed by atoms with Crippen LogP contribution in [-0.4, -0.2) is 23.8 Å². The van der Waals surface area contributed by atoms with Crippen molar-refractivity contribution in [2.75, 3.05) is 6.79 Å². The van der Waals surface area contributed by atoms with E-state index in [0.29, 0.717) is 17.1 Å². The van der Waals surface area contributed by atoms with Gasteiger partial charge in [-0.1, -0.05) is 12.1 Å². The van der Waals surface area contributed by atoms with Crippen molar-refractivity contribution in [2.24, 2.45) is 5.92 Å². The summed E-state index contributed by atoms with van der Waals surface area (Å²) in [5, 5.41) is 11.8. The number of fused-ring (bicyclic) bond motifs is 1. The van der Waals surface area contributed by atoms with Crippen LogP contribution in [0.15, 0.2) is 18.2 Å². The number of para-hydroxylation sites is 1. The minimum absolute atomic E-state index is 0.00940. The molecule has 2 N–H and O–H groups in total. The third-order valence-corrected chi connectivity index (χ3v) is 3.20. The molecule has 1 aromatic rings. The molecule has 6 heteroatoms. The van der Waals surface area contributed by atoms with Gasteiger partial charge in [0, 0.05) is 12.0 Å². The summed E-state index contributed by atoms with van der Waals surface area (Å²) < 4.78 is 10.6. The van der Waals surface area contributed by atoms with Crippen molar-refractivity contribution < 1.29 is 24.2 Å². The number of carboxylic acid groups (broad SMARTS) is 1. The lowest BCUT2D eigenvalue weighted by molar-refractivity contribution is -0.142. The number of hydrogen-bond acceptors (Lipinski definition) is 4. The fourth-order valence-corrected chi connectivity index (χ4v) is 2.37. The standard InChI is InChI=1S/C12H11NO5/c14-9-4-7(12(15)16)10(13-9)6-2-1-3-8-11(6)18-5-17-8/h1-3,7,10H,4-5H2,(H,13,14)(H,15,16)/t7-,10+/m0/s1. The summed E-state index contributed by atoms with van der Waals surface area (Å²) in [5.74, 6) is -0.916. The average Bonchev–Trinajstić information content (AvgIpc) is 2.94. The molecule has 0 aliphatic carbocycles. The number of carbonyl (C=O) groups is 2. The first-order chi connectivity index (χ1) is 8.66. The Hall–Kier alpha value is -2.24. The fourth-order valence-electron chi connectivity index (χ4n) is 2.37. The summed E-state index contributed by atoms with van der Waals surface area (Å²) in [6.07, 6.45) is -0.00940. The van der Waals surface area contributed by atoms with Gasteiger partial charge in [-0.25, -0.2) is 0 Å². The van der Waals surface area contributed by atoms with Crippen LogP contribution >= 0.6 is 0 Å². The van der Waals surface area contributed by atoms with Gasteiger partial charge in [0.25, 0.3) is 0 Å². The molecule has 6 nitrogen and oxygen atoms in total. The van der Waals surface area contributed by atoms with Gasteiger partial charge in [-0.2, -0.15) is 0 Å². The first-order valence-electron chi connectivity index (χ1n) is 5.57. The second-order valence-corrected chi connectivity index (χ2v) is 4.28. The first-order valence-corrected chi connectivity index (χ1v) is 5.57. The molecule has 3 rings (SSSR count). The van der Waals surface area contributed by atoms with Crippen molar-refractivity contribution in [1.29, 1.82) is 0 Å². The van der Waals surface area contributed by atoms with E-state index in [1.807, 2.05) is 0 Å². The molecular weight excluding hydrogens is 238 g/mol. The molecule has 2 atom stereocenters. The van der Waals surface area contributed by atoms with Crippen molar-refractivity contribution >= 4 is 11.9 Å². The minimum atomic E-state index is -0.991. The first kappa shape index (κ1) is 10.9. The molecule has 1 amide bonds. The van der Waals surface area contributed by atoms with Gasteiger partial charge in [0.1, 0.15) is 0 Å². The molecule has 0 unspecified atom stereocenters. The molecule has 0 aromatic heterocycles. The van der Waals surface area contributed by atoms with Crippen LogP contribution in [0.2, 0.25) is 0 Å². The van der Waals surface area contributed by atoms with Crippen molar-refractivity contribution in [3.63, 3.8) is 0 Å². The maximum absolute atomic E-state index is 11.4. The van der Waals surface area contributed by atoms with Crippen LogP contribution in [0.3, 0.4) is 0 Å². The highest BCUT2D eigenvalue weighted by Gasteiger charge is 2.40. The molecule has 0 spiro atoms. The summed E-state index contributed by atoms with van der Waals surface area (Å²) in [4.78, 5) is 22.6. The minimum Gasteiger partial charge on any atom is -0.481 e. The van der Waals surface area contributed by atoms with Crippen molar-refractivity contribution in [3.05, 3.63) is 23.8 Å². The van der Waals surface area contributed by atoms with Gasteiger partial charge in [0.05, 0.1) is 12.0 Å². The van der Waals surface area contributed by atoms with E-state index >= 15 is 0 Å². The summed E-state index contributed by atoms with van der Waals surface area (Å²) in [7, 11) is 0. The number of carbonyl (C=O) groups excluding carboxylic acids is 1. The van der Waals surface area contributed by atoms with E-state index in [2.05, 4.69) is 5.32 Å². The Bertz CT molecular complexity index is 527. The maximum Gasteiger partial charge on any atom is 0.309 e. The lowest BCUT2D eigenvalue weighted by Gasteiger charge is -2.17. The quantitative estimate of drug-likeness (QED) is 0.805. The number of ether oxygens (including phenoxy) is 2. The van der Waals surface area contributed by atoms with Gasteiger partial charge < -0.3 is 19.9 Å². The van der Waals surface area contributed by atoms with E-state index in [-0.39, 0.29) is 19.1 Å². The average molecular weight is 249 g/mol. The summed E-state index contributed by atoms with van der Waals surface area (Å²) in [6, 6.07) is 4.69. The molecule has 2 aliphatic heterocycles. The third kappa shape index (κ3) is 1.57.